The molecule has 2 atom stereocenters. The summed E-state index contributed by atoms with van der Waals surface area (Å²) in [5.74, 6) is 0.958. The number of carbonyl (C=O) groups is 1. The minimum absolute atomic E-state index is 0.111. The van der Waals surface area contributed by atoms with Crippen molar-refractivity contribution in [2.75, 3.05) is 32.7 Å². The van der Waals surface area contributed by atoms with E-state index in [9.17, 15) is 4.79 Å². The van der Waals surface area contributed by atoms with Crippen molar-refractivity contribution in [3.05, 3.63) is 0 Å². The van der Waals surface area contributed by atoms with Gasteiger partial charge in [-0.05, 0) is 31.8 Å². The monoisotopic (exact) mass is 211 g/mol. The second-order valence-electron chi connectivity index (χ2n) is 4.57. The van der Waals surface area contributed by atoms with Crippen molar-refractivity contribution in [1.29, 1.82) is 0 Å². The van der Waals surface area contributed by atoms with Gasteiger partial charge in [0.25, 0.3) is 0 Å². The molecule has 2 saturated heterocycles. The zero-order valence-corrected chi connectivity index (χ0v) is 9.46. The van der Waals surface area contributed by atoms with Gasteiger partial charge in [-0.1, -0.05) is 6.92 Å². The fraction of sp³-hybridized carbons (Fsp3) is 0.909. The van der Waals surface area contributed by atoms with Crippen molar-refractivity contribution >= 4 is 5.91 Å². The number of nitrogens with zero attached hydrogens (tertiary/aromatic N) is 1. The van der Waals surface area contributed by atoms with Gasteiger partial charge in [-0.25, -0.2) is 0 Å². The van der Waals surface area contributed by atoms with E-state index in [1.54, 1.807) is 0 Å². The van der Waals surface area contributed by atoms with E-state index in [4.69, 9.17) is 0 Å². The summed E-state index contributed by atoms with van der Waals surface area (Å²) in [6.07, 6.45) is 2.18. The molecule has 0 aromatic rings. The number of carbonyl (C=O) groups excluding carboxylic acids is 1. The Bertz CT molecular complexity index is 226. The normalized spacial score (nSPS) is 33.0. The van der Waals surface area contributed by atoms with Crippen molar-refractivity contribution in [2.24, 2.45) is 5.92 Å². The molecule has 2 aliphatic heterocycles. The van der Waals surface area contributed by atoms with Gasteiger partial charge in [0.1, 0.15) is 0 Å². The highest BCUT2D eigenvalue weighted by Gasteiger charge is 2.30. The first-order valence-corrected chi connectivity index (χ1v) is 6.03. The Kier molecular flexibility index (Phi) is 3.59. The van der Waals surface area contributed by atoms with Crippen LogP contribution in [0.25, 0.3) is 0 Å². The SMILES string of the molecule is CCC1C(=O)NCCN1CC1CCNC1. The van der Waals surface area contributed by atoms with Gasteiger partial charge in [0, 0.05) is 19.6 Å². The van der Waals surface area contributed by atoms with Crippen LogP contribution in [-0.4, -0.2) is 49.6 Å². The first-order chi connectivity index (χ1) is 7.31. The summed E-state index contributed by atoms with van der Waals surface area (Å²) in [5.41, 5.74) is 0. The van der Waals surface area contributed by atoms with Crippen LogP contribution in [0.4, 0.5) is 0 Å². The molecular weight excluding hydrogens is 190 g/mol. The van der Waals surface area contributed by atoms with Crippen molar-refractivity contribution in [3.8, 4) is 0 Å². The number of nitrogens with one attached hydrogen (secondary N) is 2. The van der Waals surface area contributed by atoms with Gasteiger partial charge in [0.2, 0.25) is 5.91 Å². The lowest BCUT2D eigenvalue weighted by Gasteiger charge is -2.35. The van der Waals surface area contributed by atoms with Gasteiger partial charge < -0.3 is 10.6 Å². The first-order valence-electron chi connectivity index (χ1n) is 6.03. The fourth-order valence-corrected chi connectivity index (χ4v) is 2.63. The van der Waals surface area contributed by atoms with E-state index in [1.165, 1.54) is 6.42 Å². The lowest BCUT2D eigenvalue weighted by Crippen LogP contribution is -2.56. The van der Waals surface area contributed by atoms with Crippen molar-refractivity contribution in [3.63, 3.8) is 0 Å². The Morgan fingerprint density at radius 2 is 2.33 bits per heavy atom. The molecule has 4 nitrogen and oxygen atoms in total. The Morgan fingerprint density at radius 1 is 1.47 bits per heavy atom. The molecule has 2 unspecified atom stereocenters. The van der Waals surface area contributed by atoms with E-state index in [0.29, 0.717) is 0 Å². The molecule has 2 N–H and O–H groups in total. The molecular formula is C11H21N3O. The van der Waals surface area contributed by atoms with Gasteiger partial charge in [-0.3, -0.25) is 9.69 Å². The minimum Gasteiger partial charge on any atom is -0.353 e. The van der Waals surface area contributed by atoms with Gasteiger partial charge in [-0.15, -0.1) is 0 Å². The van der Waals surface area contributed by atoms with Crippen LogP contribution < -0.4 is 10.6 Å². The maximum atomic E-state index is 11.6. The minimum atomic E-state index is 0.111. The zero-order valence-electron chi connectivity index (χ0n) is 9.46. The van der Waals surface area contributed by atoms with Crippen LogP contribution in [0.2, 0.25) is 0 Å². The van der Waals surface area contributed by atoms with Crippen LogP contribution in [0.3, 0.4) is 0 Å². The van der Waals surface area contributed by atoms with Crippen LogP contribution >= 0.6 is 0 Å². The van der Waals surface area contributed by atoms with E-state index in [1.807, 2.05) is 0 Å². The fourth-order valence-electron chi connectivity index (χ4n) is 2.63. The Hall–Kier alpha value is -0.610. The maximum absolute atomic E-state index is 11.6. The second kappa shape index (κ2) is 4.94. The number of rotatable bonds is 3. The molecule has 2 fully saturated rings. The molecule has 1 amide bonds. The maximum Gasteiger partial charge on any atom is 0.237 e. The highest BCUT2D eigenvalue weighted by molar-refractivity contribution is 5.82. The van der Waals surface area contributed by atoms with Gasteiger partial charge in [0.15, 0.2) is 0 Å². The predicted octanol–water partition coefficient (Wildman–Crippen LogP) is -0.194. The molecule has 15 heavy (non-hydrogen) atoms. The highest BCUT2D eigenvalue weighted by Crippen LogP contribution is 2.15. The summed E-state index contributed by atoms with van der Waals surface area (Å²) in [4.78, 5) is 14.0. The zero-order chi connectivity index (χ0) is 10.7. The Labute approximate surface area is 91.4 Å². The number of piperazine rings is 1. The van der Waals surface area contributed by atoms with E-state index >= 15 is 0 Å². The van der Waals surface area contributed by atoms with Gasteiger partial charge in [-0.2, -0.15) is 0 Å². The van der Waals surface area contributed by atoms with Crippen LogP contribution in [0.15, 0.2) is 0 Å². The van der Waals surface area contributed by atoms with Crippen molar-refractivity contribution in [1.82, 2.24) is 15.5 Å². The molecule has 0 saturated carbocycles. The molecule has 4 heteroatoms. The number of hydrogen-bond donors (Lipinski definition) is 2. The molecule has 86 valence electrons. The summed E-state index contributed by atoms with van der Waals surface area (Å²) in [6, 6.07) is 0.111. The third-order valence-corrected chi connectivity index (χ3v) is 3.48. The smallest absolute Gasteiger partial charge is 0.237 e. The molecule has 0 spiro atoms. The largest absolute Gasteiger partial charge is 0.353 e. The average Bonchev–Trinajstić information content (AvgIpc) is 2.71. The van der Waals surface area contributed by atoms with Gasteiger partial charge >= 0.3 is 0 Å². The predicted molar refractivity (Wildman–Crippen MR) is 59.6 cm³/mol. The summed E-state index contributed by atoms with van der Waals surface area (Å²) >= 11 is 0. The molecule has 0 aliphatic carbocycles. The molecule has 2 aliphatic rings. The summed E-state index contributed by atoms with van der Waals surface area (Å²) in [7, 11) is 0. The van der Waals surface area contributed by atoms with Crippen LogP contribution in [0.1, 0.15) is 19.8 Å². The van der Waals surface area contributed by atoms with Crippen LogP contribution in [-0.2, 0) is 4.79 Å². The highest BCUT2D eigenvalue weighted by atomic mass is 16.2. The lowest BCUT2D eigenvalue weighted by molar-refractivity contribution is -0.129. The third-order valence-electron chi connectivity index (χ3n) is 3.48. The Balaban J connectivity index is 1.90. The van der Waals surface area contributed by atoms with E-state index in [2.05, 4.69) is 22.5 Å². The van der Waals surface area contributed by atoms with Crippen LogP contribution in [0, 0.1) is 5.92 Å². The summed E-state index contributed by atoms with van der Waals surface area (Å²) < 4.78 is 0. The Morgan fingerprint density at radius 3 is 3.00 bits per heavy atom. The van der Waals surface area contributed by atoms with Crippen molar-refractivity contribution in [2.45, 2.75) is 25.8 Å². The van der Waals surface area contributed by atoms with Crippen LogP contribution in [0.5, 0.6) is 0 Å². The quantitative estimate of drug-likeness (QED) is 0.680. The molecule has 0 aromatic heterocycles. The van der Waals surface area contributed by atoms with E-state index in [0.717, 1.165) is 45.1 Å². The third kappa shape index (κ3) is 2.49. The number of hydrogen-bond acceptors (Lipinski definition) is 3. The molecule has 0 radical (unpaired) electrons. The van der Waals surface area contributed by atoms with E-state index in [-0.39, 0.29) is 11.9 Å². The lowest BCUT2D eigenvalue weighted by atomic mass is 10.0. The molecule has 0 bridgehead atoms. The van der Waals surface area contributed by atoms with E-state index < -0.39 is 0 Å². The molecule has 2 heterocycles. The van der Waals surface area contributed by atoms with Crippen molar-refractivity contribution < 1.29 is 4.79 Å². The summed E-state index contributed by atoms with van der Waals surface area (Å²) in [5, 5.41) is 6.32. The average molecular weight is 211 g/mol. The first kappa shape index (κ1) is 10.9. The summed E-state index contributed by atoms with van der Waals surface area (Å²) in [6.45, 7) is 7.26. The second-order valence-corrected chi connectivity index (χ2v) is 4.57. The topological polar surface area (TPSA) is 44.4 Å². The molecule has 2 rings (SSSR count). The van der Waals surface area contributed by atoms with Gasteiger partial charge in [0.05, 0.1) is 6.04 Å². The standard InChI is InChI=1S/C11H21N3O/c1-2-10-11(15)13-5-6-14(10)8-9-3-4-12-7-9/h9-10,12H,2-8H2,1H3,(H,13,15). The number of amides is 1. The molecule has 0 aromatic carbocycles.